The molecule has 2 aliphatic rings. The Balaban J connectivity index is 1.82. The summed E-state index contributed by atoms with van der Waals surface area (Å²) in [6.07, 6.45) is 5.00. The van der Waals surface area contributed by atoms with Crippen LogP contribution >= 0.6 is 0 Å². The van der Waals surface area contributed by atoms with Gasteiger partial charge in [-0.05, 0) is 54.0 Å². The molecule has 1 aliphatic carbocycles. The van der Waals surface area contributed by atoms with Gasteiger partial charge in [0.05, 0.1) is 0 Å². The van der Waals surface area contributed by atoms with Crippen molar-refractivity contribution in [1.29, 1.82) is 0 Å². The van der Waals surface area contributed by atoms with E-state index in [4.69, 9.17) is 4.74 Å². The number of hydrogen-bond acceptors (Lipinski definition) is 2. The maximum Gasteiger partial charge on any atom is 0.192 e. The molecule has 1 saturated heterocycles. The topological polar surface area (TPSA) is 26.3 Å². The third-order valence-electron chi connectivity index (χ3n) is 4.61. The molecule has 102 valence electrons. The summed E-state index contributed by atoms with van der Waals surface area (Å²) < 4.78 is 5.67. The molecule has 0 saturated carbocycles. The Labute approximate surface area is 118 Å². The van der Waals surface area contributed by atoms with Crippen LogP contribution in [0.2, 0.25) is 0 Å². The van der Waals surface area contributed by atoms with Crippen LogP contribution in [0.5, 0.6) is 0 Å². The molecule has 0 spiro atoms. The normalized spacial score (nSPS) is 21.3. The third-order valence-corrected chi connectivity index (χ3v) is 4.61. The first-order valence-corrected chi connectivity index (χ1v) is 7.54. The predicted molar refractivity (Wildman–Crippen MR) is 79.3 cm³/mol. The summed E-state index contributed by atoms with van der Waals surface area (Å²) in [5, 5.41) is 2.44. The molecule has 0 amide bonds. The van der Waals surface area contributed by atoms with E-state index in [0.717, 1.165) is 49.7 Å². The fourth-order valence-electron chi connectivity index (χ4n) is 3.58. The number of ketones is 1. The van der Waals surface area contributed by atoms with E-state index >= 15 is 0 Å². The lowest BCUT2D eigenvalue weighted by Gasteiger charge is -2.22. The number of carbonyl (C=O) groups is 1. The Morgan fingerprint density at radius 2 is 1.90 bits per heavy atom. The lowest BCUT2D eigenvalue weighted by atomic mass is 9.93. The molecule has 20 heavy (non-hydrogen) atoms. The van der Waals surface area contributed by atoms with Crippen molar-refractivity contribution in [3.05, 3.63) is 47.0 Å². The highest BCUT2D eigenvalue weighted by Gasteiger charge is 2.26. The maximum atomic E-state index is 12.7. The second-order valence-corrected chi connectivity index (χ2v) is 5.83. The molecule has 2 aromatic rings. The van der Waals surface area contributed by atoms with Gasteiger partial charge in [0.1, 0.15) is 6.10 Å². The summed E-state index contributed by atoms with van der Waals surface area (Å²) in [4.78, 5) is 12.7. The first-order chi connectivity index (χ1) is 9.84. The number of aryl methyl sites for hydroxylation is 2. The quantitative estimate of drug-likeness (QED) is 0.775. The van der Waals surface area contributed by atoms with Crippen molar-refractivity contribution >= 4 is 16.6 Å². The van der Waals surface area contributed by atoms with Crippen molar-refractivity contribution in [2.75, 3.05) is 6.61 Å². The maximum absolute atomic E-state index is 12.7. The number of hydrogen-bond donors (Lipinski definition) is 0. The number of rotatable bonds is 2. The summed E-state index contributed by atoms with van der Waals surface area (Å²) >= 11 is 0. The first kappa shape index (κ1) is 12.1. The van der Waals surface area contributed by atoms with Crippen molar-refractivity contribution in [3.8, 4) is 0 Å². The molecule has 2 heteroatoms. The van der Waals surface area contributed by atoms with Crippen LogP contribution in [0.15, 0.2) is 30.3 Å². The molecule has 1 atom stereocenters. The lowest BCUT2D eigenvalue weighted by Crippen LogP contribution is -2.28. The van der Waals surface area contributed by atoms with Gasteiger partial charge in [-0.25, -0.2) is 0 Å². The average molecular weight is 266 g/mol. The van der Waals surface area contributed by atoms with Crippen LogP contribution in [0.25, 0.3) is 10.8 Å². The van der Waals surface area contributed by atoms with Gasteiger partial charge in [0.2, 0.25) is 0 Å². The molecular formula is C18H18O2. The third kappa shape index (κ3) is 1.79. The monoisotopic (exact) mass is 266 g/mol. The first-order valence-electron chi connectivity index (χ1n) is 7.54. The van der Waals surface area contributed by atoms with Gasteiger partial charge in [-0.1, -0.05) is 30.3 Å². The number of benzene rings is 2. The molecule has 1 fully saturated rings. The zero-order valence-electron chi connectivity index (χ0n) is 11.5. The van der Waals surface area contributed by atoms with E-state index in [9.17, 15) is 4.79 Å². The van der Waals surface area contributed by atoms with Gasteiger partial charge in [-0.3, -0.25) is 4.79 Å². The summed E-state index contributed by atoms with van der Waals surface area (Å²) in [6, 6.07) is 10.5. The van der Waals surface area contributed by atoms with Gasteiger partial charge in [0, 0.05) is 12.2 Å². The zero-order valence-corrected chi connectivity index (χ0v) is 11.5. The van der Waals surface area contributed by atoms with Gasteiger partial charge >= 0.3 is 0 Å². The van der Waals surface area contributed by atoms with Crippen LogP contribution in [0.3, 0.4) is 0 Å². The summed E-state index contributed by atoms with van der Waals surface area (Å²) in [7, 11) is 0. The highest BCUT2D eigenvalue weighted by molar-refractivity contribution is 6.11. The van der Waals surface area contributed by atoms with Gasteiger partial charge in [-0.2, -0.15) is 0 Å². The van der Waals surface area contributed by atoms with Crippen molar-refractivity contribution in [3.63, 3.8) is 0 Å². The second kappa shape index (κ2) is 4.71. The van der Waals surface area contributed by atoms with Crippen molar-refractivity contribution in [1.82, 2.24) is 0 Å². The molecule has 1 heterocycles. The molecule has 0 N–H and O–H groups in total. The number of ether oxygens (including phenoxy) is 1. The fourth-order valence-corrected chi connectivity index (χ4v) is 3.58. The van der Waals surface area contributed by atoms with Gasteiger partial charge < -0.3 is 4.74 Å². The molecule has 2 aromatic carbocycles. The predicted octanol–water partition coefficient (Wildman–Crippen LogP) is 3.69. The molecule has 0 aromatic heterocycles. The van der Waals surface area contributed by atoms with Crippen LogP contribution in [-0.2, 0) is 17.6 Å². The molecule has 0 bridgehead atoms. The average Bonchev–Trinajstić information content (AvgIpc) is 2.93. The van der Waals surface area contributed by atoms with E-state index < -0.39 is 0 Å². The minimum atomic E-state index is -0.234. The SMILES string of the molecule is O=C(c1ccc2c3c(cccc13)CC2)C1CCCCO1. The number of Topliss-reactive ketones (excluding diaryl/α,β-unsaturated/α-hetero) is 1. The van der Waals surface area contributed by atoms with Crippen molar-refractivity contribution in [2.24, 2.45) is 0 Å². The molecule has 0 radical (unpaired) electrons. The summed E-state index contributed by atoms with van der Waals surface area (Å²) in [6.45, 7) is 0.720. The van der Waals surface area contributed by atoms with Crippen molar-refractivity contribution in [2.45, 2.75) is 38.2 Å². The smallest absolute Gasteiger partial charge is 0.192 e. The standard InChI is InChI=1S/C18H18O2/c19-18(16-6-1-2-11-20-16)15-10-9-13-8-7-12-4-3-5-14(15)17(12)13/h3-5,9-10,16H,1-2,6-8,11H2. The van der Waals surface area contributed by atoms with Crippen LogP contribution in [-0.4, -0.2) is 18.5 Å². The van der Waals surface area contributed by atoms with E-state index in [1.165, 1.54) is 16.5 Å². The minimum absolute atomic E-state index is 0.167. The van der Waals surface area contributed by atoms with Crippen LogP contribution in [0, 0.1) is 0 Å². The van der Waals surface area contributed by atoms with Crippen LogP contribution < -0.4 is 0 Å². The second-order valence-electron chi connectivity index (χ2n) is 5.83. The van der Waals surface area contributed by atoms with Crippen LogP contribution in [0.1, 0.15) is 40.7 Å². The Hall–Kier alpha value is -1.67. The molecule has 4 rings (SSSR count). The molecule has 1 unspecified atom stereocenters. The van der Waals surface area contributed by atoms with E-state index in [1.807, 2.05) is 6.07 Å². The summed E-state index contributed by atoms with van der Waals surface area (Å²) in [5.41, 5.74) is 3.62. The Kier molecular flexibility index (Phi) is 2.85. The molecular weight excluding hydrogens is 248 g/mol. The largest absolute Gasteiger partial charge is 0.370 e. The van der Waals surface area contributed by atoms with Gasteiger partial charge in [0.15, 0.2) is 5.78 Å². The highest BCUT2D eigenvalue weighted by Crippen LogP contribution is 2.33. The Morgan fingerprint density at radius 1 is 1.05 bits per heavy atom. The van der Waals surface area contributed by atoms with E-state index in [1.54, 1.807) is 0 Å². The summed E-state index contributed by atoms with van der Waals surface area (Å²) in [5.74, 6) is 0.167. The lowest BCUT2D eigenvalue weighted by molar-refractivity contribution is 0.0188. The van der Waals surface area contributed by atoms with E-state index in [-0.39, 0.29) is 11.9 Å². The van der Waals surface area contributed by atoms with Crippen molar-refractivity contribution < 1.29 is 9.53 Å². The molecule has 2 nitrogen and oxygen atoms in total. The van der Waals surface area contributed by atoms with E-state index in [2.05, 4.69) is 24.3 Å². The fraction of sp³-hybridized carbons (Fsp3) is 0.389. The Bertz CT molecular complexity index is 671. The van der Waals surface area contributed by atoms with Gasteiger partial charge in [0.25, 0.3) is 0 Å². The van der Waals surface area contributed by atoms with Crippen LogP contribution in [0.4, 0.5) is 0 Å². The van der Waals surface area contributed by atoms with Gasteiger partial charge in [-0.15, -0.1) is 0 Å². The zero-order chi connectivity index (χ0) is 13.5. The van der Waals surface area contributed by atoms with E-state index in [0.29, 0.717) is 0 Å². The Morgan fingerprint density at radius 3 is 2.70 bits per heavy atom. The minimum Gasteiger partial charge on any atom is -0.370 e. The molecule has 1 aliphatic heterocycles. The highest BCUT2D eigenvalue weighted by atomic mass is 16.5. The number of carbonyl (C=O) groups excluding carboxylic acids is 1.